The van der Waals surface area contributed by atoms with Gasteiger partial charge in [-0.3, -0.25) is 9.59 Å². The summed E-state index contributed by atoms with van der Waals surface area (Å²) >= 11 is 2.01. The number of benzene rings is 1. The highest BCUT2D eigenvalue weighted by Crippen LogP contribution is 2.38. The number of esters is 1. The van der Waals surface area contributed by atoms with E-state index in [-0.39, 0.29) is 11.8 Å². The molecule has 8 heteroatoms. The summed E-state index contributed by atoms with van der Waals surface area (Å²) in [6.07, 6.45) is 0. The third-order valence-corrected chi connectivity index (χ3v) is 4.28. The van der Waals surface area contributed by atoms with Gasteiger partial charge in [-0.15, -0.1) is 0 Å². The Bertz CT molecular complexity index is 757. The zero-order valence-electron chi connectivity index (χ0n) is 13.7. The standard InChI is InChI=1S/C16H17IN2O5/c1-7-13(8(2)20)14(19-16(22)18-7)10-5-11(17)15(24-9(3)21)12(6-10)23-4/h5-6,14H,1-4H3,(H2,18,19,22). The summed E-state index contributed by atoms with van der Waals surface area (Å²) in [4.78, 5) is 35.1. The number of ketones is 1. The Hall–Kier alpha value is -2.10. The third kappa shape index (κ3) is 3.69. The van der Waals surface area contributed by atoms with Crippen molar-refractivity contribution in [3.63, 3.8) is 0 Å². The molecule has 1 aromatic carbocycles. The molecular formula is C16H17IN2O5. The fourth-order valence-electron chi connectivity index (χ4n) is 2.56. The van der Waals surface area contributed by atoms with Crippen LogP contribution in [-0.4, -0.2) is 24.9 Å². The van der Waals surface area contributed by atoms with Crippen molar-refractivity contribution in [1.29, 1.82) is 0 Å². The van der Waals surface area contributed by atoms with E-state index in [0.29, 0.717) is 31.9 Å². The first-order valence-corrected chi connectivity index (χ1v) is 8.17. The van der Waals surface area contributed by atoms with E-state index in [2.05, 4.69) is 10.6 Å². The zero-order chi connectivity index (χ0) is 18.0. The first-order chi connectivity index (χ1) is 11.2. The predicted molar refractivity (Wildman–Crippen MR) is 94.8 cm³/mol. The number of ether oxygens (including phenoxy) is 2. The Kier molecular flexibility index (Phi) is 5.47. The van der Waals surface area contributed by atoms with Crippen molar-refractivity contribution in [1.82, 2.24) is 10.6 Å². The highest BCUT2D eigenvalue weighted by molar-refractivity contribution is 14.1. The number of Topliss-reactive ketones (excluding diaryl/α,β-unsaturated/α-hetero) is 1. The molecule has 1 atom stereocenters. The summed E-state index contributed by atoms with van der Waals surface area (Å²) < 4.78 is 11.1. The van der Waals surface area contributed by atoms with Crippen LogP contribution in [0.4, 0.5) is 4.79 Å². The Balaban J connectivity index is 2.57. The lowest BCUT2D eigenvalue weighted by molar-refractivity contribution is -0.132. The fraction of sp³-hybridized carbons (Fsp3) is 0.312. The first kappa shape index (κ1) is 18.2. The zero-order valence-corrected chi connectivity index (χ0v) is 15.8. The van der Waals surface area contributed by atoms with E-state index in [1.54, 1.807) is 19.1 Å². The average molecular weight is 444 g/mol. The van der Waals surface area contributed by atoms with E-state index in [0.717, 1.165) is 0 Å². The van der Waals surface area contributed by atoms with Gasteiger partial charge in [0.2, 0.25) is 0 Å². The molecule has 0 saturated carbocycles. The summed E-state index contributed by atoms with van der Waals surface area (Å²) in [6, 6.07) is 2.39. The minimum atomic E-state index is -0.606. The van der Waals surface area contributed by atoms with Crippen molar-refractivity contribution >= 4 is 40.4 Å². The normalized spacial score (nSPS) is 17.0. The molecule has 2 amide bonds. The molecule has 0 saturated heterocycles. The van der Waals surface area contributed by atoms with E-state index in [9.17, 15) is 14.4 Å². The summed E-state index contributed by atoms with van der Waals surface area (Å²) in [5.74, 6) is 0.0393. The minimum Gasteiger partial charge on any atom is -0.493 e. The van der Waals surface area contributed by atoms with Gasteiger partial charge in [-0.05, 0) is 54.1 Å². The monoisotopic (exact) mass is 444 g/mol. The molecule has 0 aromatic heterocycles. The van der Waals surface area contributed by atoms with E-state index >= 15 is 0 Å². The Morgan fingerprint density at radius 1 is 1.25 bits per heavy atom. The van der Waals surface area contributed by atoms with Gasteiger partial charge in [-0.2, -0.15) is 0 Å². The number of amides is 2. The number of carbonyl (C=O) groups is 3. The van der Waals surface area contributed by atoms with Crippen molar-refractivity contribution in [2.75, 3.05) is 7.11 Å². The number of nitrogens with one attached hydrogen (secondary N) is 2. The van der Waals surface area contributed by atoms with Gasteiger partial charge in [0, 0.05) is 18.2 Å². The van der Waals surface area contributed by atoms with Crippen LogP contribution in [0.3, 0.4) is 0 Å². The van der Waals surface area contributed by atoms with E-state index < -0.39 is 12.0 Å². The van der Waals surface area contributed by atoms with Crippen LogP contribution in [0.1, 0.15) is 32.4 Å². The third-order valence-electron chi connectivity index (χ3n) is 3.48. The van der Waals surface area contributed by atoms with Gasteiger partial charge in [-0.25, -0.2) is 4.79 Å². The number of hydrogen-bond donors (Lipinski definition) is 2. The maximum Gasteiger partial charge on any atom is 0.319 e. The van der Waals surface area contributed by atoms with Crippen molar-refractivity contribution in [2.45, 2.75) is 26.8 Å². The van der Waals surface area contributed by atoms with Crippen LogP contribution in [0, 0.1) is 3.57 Å². The lowest BCUT2D eigenvalue weighted by Gasteiger charge is -2.28. The minimum absolute atomic E-state index is 0.150. The van der Waals surface area contributed by atoms with E-state index in [4.69, 9.17) is 9.47 Å². The number of urea groups is 1. The Morgan fingerprint density at radius 2 is 1.92 bits per heavy atom. The van der Waals surface area contributed by atoms with E-state index in [1.807, 2.05) is 22.6 Å². The SMILES string of the molecule is COc1cc(C2NC(=O)NC(C)=C2C(C)=O)cc(I)c1OC(C)=O. The number of carbonyl (C=O) groups excluding carboxylic acids is 3. The summed E-state index contributed by atoms with van der Waals surface area (Å²) in [6.45, 7) is 4.43. The molecule has 128 valence electrons. The molecular weight excluding hydrogens is 427 g/mol. The summed E-state index contributed by atoms with van der Waals surface area (Å²) in [5.41, 5.74) is 1.63. The van der Waals surface area contributed by atoms with Crippen molar-refractivity contribution in [3.8, 4) is 11.5 Å². The van der Waals surface area contributed by atoms with Crippen LogP contribution < -0.4 is 20.1 Å². The lowest BCUT2D eigenvalue weighted by Crippen LogP contribution is -2.44. The molecule has 0 bridgehead atoms. The van der Waals surface area contributed by atoms with Gasteiger partial charge in [0.25, 0.3) is 0 Å². The molecule has 0 fully saturated rings. The first-order valence-electron chi connectivity index (χ1n) is 7.09. The van der Waals surface area contributed by atoms with Crippen LogP contribution in [0.15, 0.2) is 23.4 Å². The van der Waals surface area contributed by atoms with Gasteiger partial charge in [0.15, 0.2) is 17.3 Å². The Morgan fingerprint density at radius 3 is 2.46 bits per heavy atom. The fourth-order valence-corrected chi connectivity index (χ4v) is 3.30. The smallest absolute Gasteiger partial charge is 0.319 e. The topological polar surface area (TPSA) is 93.7 Å². The molecule has 1 unspecified atom stereocenters. The Labute approximate surface area is 152 Å². The predicted octanol–water partition coefficient (Wildman–Crippen LogP) is 2.44. The van der Waals surface area contributed by atoms with Crippen LogP contribution in [-0.2, 0) is 9.59 Å². The second-order valence-corrected chi connectivity index (χ2v) is 6.42. The molecule has 1 aliphatic rings. The van der Waals surface area contributed by atoms with Crippen LogP contribution in [0.2, 0.25) is 0 Å². The number of rotatable bonds is 4. The van der Waals surface area contributed by atoms with E-state index in [1.165, 1.54) is 21.0 Å². The summed E-state index contributed by atoms with van der Waals surface area (Å²) in [7, 11) is 1.45. The highest BCUT2D eigenvalue weighted by atomic mass is 127. The maximum absolute atomic E-state index is 12.0. The molecule has 24 heavy (non-hydrogen) atoms. The van der Waals surface area contributed by atoms with Gasteiger partial charge in [-0.1, -0.05) is 0 Å². The number of methoxy groups -OCH3 is 1. The molecule has 0 spiro atoms. The summed E-state index contributed by atoms with van der Waals surface area (Å²) in [5, 5.41) is 5.34. The molecule has 7 nitrogen and oxygen atoms in total. The van der Waals surface area contributed by atoms with Gasteiger partial charge in [0.05, 0.1) is 16.7 Å². The highest BCUT2D eigenvalue weighted by Gasteiger charge is 2.30. The lowest BCUT2D eigenvalue weighted by atomic mass is 9.93. The average Bonchev–Trinajstić information content (AvgIpc) is 2.47. The van der Waals surface area contributed by atoms with Crippen molar-refractivity contribution < 1.29 is 23.9 Å². The molecule has 2 N–H and O–H groups in total. The van der Waals surface area contributed by atoms with Gasteiger partial charge < -0.3 is 20.1 Å². The number of allylic oxidation sites excluding steroid dienone is 1. The number of halogens is 1. The second-order valence-electron chi connectivity index (χ2n) is 5.25. The molecule has 1 aliphatic heterocycles. The molecule has 1 aromatic rings. The second kappa shape index (κ2) is 7.20. The molecule has 1 heterocycles. The largest absolute Gasteiger partial charge is 0.493 e. The van der Waals surface area contributed by atoms with Crippen LogP contribution >= 0.6 is 22.6 Å². The van der Waals surface area contributed by atoms with Crippen molar-refractivity contribution in [3.05, 3.63) is 32.5 Å². The van der Waals surface area contributed by atoms with Gasteiger partial charge >= 0.3 is 12.0 Å². The maximum atomic E-state index is 12.0. The quantitative estimate of drug-likeness (QED) is 0.423. The van der Waals surface area contributed by atoms with Crippen LogP contribution in [0.5, 0.6) is 11.5 Å². The number of hydrogen-bond acceptors (Lipinski definition) is 5. The van der Waals surface area contributed by atoms with Crippen LogP contribution in [0.25, 0.3) is 0 Å². The molecule has 0 radical (unpaired) electrons. The molecule has 0 aliphatic carbocycles. The van der Waals surface area contributed by atoms with Gasteiger partial charge in [0.1, 0.15) is 0 Å². The molecule has 2 rings (SSSR count). The van der Waals surface area contributed by atoms with Crippen molar-refractivity contribution in [2.24, 2.45) is 0 Å².